The summed E-state index contributed by atoms with van der Waals surface area (Å²) in [5, 5.41) is 3.16. The van der Waals surface area contributed by atoms with Crippen LogP contribution in [-0.4, -0.2) is 39.9 Å². The smallest absolute Gasteiger partial charge is 0.323 e. The molecule has 0 amide bonds. The lowest BCUT2D eigenvalue weighted by molar-refractivity contribution is -0.139. The van der Waals surface area contributed by atoms with Gasteiger partial charge in [0.2, 0.25) is 0 Å². The summed E-state index contributed by atoms with van der Waals surface area (Å²) < 4.78 is 20.8. The maximum atomic E-state index is 11.4. The van der Waals surface area contributed by atoms with Gasteiger partial charge in [0.15, 0.2) is 11.5 Å². The van der Waals surface area contributed by atoms with E-state index in [-0.39, 0.29) is 12.0 Å². The van der Waals surface area contributed by atoms with Gasteiger partial charge in [-0.1, -0.05) is 0 Å². The second kappa shape index (κ2) is 6.47. The topological polar surface area (TPSA) is 66.0 Å². The van der Waals surface area contributed by atoms with Gasteiger partial charge < -0.3 is 24.3 Å². The predicted octanol–water partition coefficient (Wildman–Crippen LogP) is 1.12. The summed E-state index contributed by atoms with van der Waals surface area (Å²) in [4.78, 5) is 11.4. The number of carbonyl (C=O) groups excluding carboxylic acids is 1. The van der Waals surface area contributed by atoms with Crippen LogP contribution in [0.4, 0.5) is 0 Å². The van der Waals surface area contributed by atoms with E-state index in [1.807, 2.05) is 6.07 Å². The van der Waals surface area contributed by atoms with Crippen LogP contribution in [0.15, 0.2) is 12.1 Å². The summed E-state index contributed by atoms with van der Waals surface area (Å²) >= 11 is 0. The molecule has 0 aliphatic carbocycles. The molecule has 0 bridgehead atoms. The monoisotopic (exact) mass is 281 g/mol. The van der Waals surface area contributed by atoms with E-state index in [1.54, 1.807) is 27.4 Å². The van der Waals surface area contributed by atoms with Crippen molar-refractivity contribution in [1.82, 2.24) is 5.32 Å². The molecule has 1 heterocycles. The Morgan fingerprint density at radius 2 is 1.80 bits per heavy atom. The van der Waals surface area contributed by atoms with E-state index in [1.165, 1.54) is 0 Å². The van der Waals surface area contributed by atoms with Crippen molar-refractivity contribution in [3.05, 3.63) is 17.7 Å². The number of ether oxygens (including phenoxy) is 4. The van der Waals surface area contributed by atoms with Gasteiger partial charge in [-0.25, -0.2) is 0 Å². The van der Waals surface area contributed by atoms with E-state index in [9.17, 15) is 4.79 Å². The number of hydrogen-bond donors (Lipinski definition) is 1. The van der Waals surface area contributed by atoms with Crippen LogP contribution in [0.3, 0.4) is 0 Å². The molecule has 0 spiro atoms. The fourth-order valence-electron chi connectivity index (χ4n) is 2.14. The molecule has 1 aliphatic heterocycles. The fourth-order valence-corrected chi connectivity index (χ4v) is 2.14. The Labute approximate surface area is 118 Å². The molecule has 1 atom stereocenters. The number of benzene rings is 1. The first kappa shape index (κ1) is 14.5. The lowest BCUT2D eigenvalue weighted by atomic mass is 10.1. The molecular formula is C14H19NO5. The Morgan fingerprint density at radius 1 is 1.15 bits per heavy atom. The summed E-state index contributed by atoms with van der Waals surface area (Å²) in [5.74, 6) is 1.71. The summed E-state index contributed by atoms with van der Waals surface area (Å²) in [6, 6.07) is 3.35. The Hall–Kier alpha value is -1.95. The summed E-state index contributed by atoms with van der Waals surface area (Å²) in [5.41, 5.74) is 0.893. The van der Waals surface area contributed by atoms with Crippen molar-refractivity contribution in [2.45, 2.75) is 19.0 Å². The van der Waals surface area contributed by atoms with Crippen LogP contribution >= 0.6 is 0 Å². The summed E-state index contributed by atoms with van der Waals surface area (Å²) in [7, 11) is 4.74. The lowest BCUT2D eigenvalue weighted by Gasteiger charge is -2.15. The highest BCUT2D eigenvalue weighted by Gasteiger charge is 2.26. The van der Waals surface area contributed by atoms with Gasteiger partial charge in [0.25, 0.3) is 0 Å². The zero-order valence-electron chi connectivity index (χ0n) is 11.9. The summed E-state index contributed by atoms with van der Waals surface area (Å²) in [6.07, 6.45) is 0.689. The minimum Gasteiger partial charge on any atom is -0.496 e. The normalized spacial score (nSPS) is 17.8. The Morgan fingerprint density at radius 3 is 2.35 bits per heavy atom. The molecule has 6 nitrogen and oxygen atoms in total. The van der Waals surface area contributed by atoms with Crippen molar-refractivity contribution in [2.24, 2.45) is 0 Å². The molecule has 20 heavy (non-hydrogen) atoms. The molecular weight excluding hydrogens is 262 g/mol. The molecule has 1 N–H and O–H groups in total. The van der Waals surface area contributed by atoms with Gasteiger partial charge in [0.1, 0.15) is 11.8 Å². The molecule has 1 aromatic carbocycles. The van der Waals surface area contributed by atoms with E-state index < -0.39 is 0 Å². The van der Waals surface area contributed by atoms with Crippen molar-refractivity contribution in [2.75, 3.05) is 27.9 Å². The number of hydrogen-bond acceptors (Lipinski definition) is 6. The molecule has 0 radical (unpaired) electrons. The molecule has 1 aliphatic rings. The van der Waals surface area contributed by atoms with E-state index in [4.69, 9.17) is 18.9 Å². The zero-order valence-corrected chi connectivity index (χ0v) is 11.9. The average molecular weight is 281 g/mol. The number of esters is 1. The Bertz CT molecular complexity index is 489. The number of methoxy groups -OCH3 is 3. The van der Waals surface area contributed by atoms with Gasteiger partial charge in [-0.3, -0.25) is 4.79 Å². The van der Waals surface area contributed by atoms with Crippen LogP contribution in [-0.2, 0) is 16.1 Å². The van der Waals surface area contributed by atoms with E-state index in [0.717, 1.165) is 5.56 Å². The third-order valence-electron chi connectivity index (χ3n) is 3.26. The quantitative estimate of drug-likeness (QED) is 0.788. The first-order valence-corrected chi connectivity index (χ1v) is 6.38. The maximum Gasteiger partial charge on any atom is 0.323 e. The maximum absolute atomic E-state index is 11.4. The van der Waals surface area contributed by atoms with Crippen molar-refractivity contribution in [3.8, 4) is 17.2 Å². The third-order valence-corrected chi connectivity index (χ3v) is 3.26. The molecule has 110 valence electrons. The van der Waals surface area contributed by atoms with Gasteiger partial charge in [-0.2, -0.15) is 0 Å². The summed E-state index contributed by atoms with van der Waals surface area (Å²) in [6.45, 7) is 0.961. The van der Waals surface area contributed by atoms with Crippen molar-refractivity contribution in [3.63, 3.8) is 0 Å². The van der Waals surface area contributed by atoms with Crippen molar-refractivity contribution >= 4 is 5.97 Å². The molecule has 2 rings (SSSR count). The standard InChI is InChI=1S/C14H19NO5/c1-17-11-7-13(19-3)12(18-2)6-9(11)8-15-10-4-5-20-14(10)16/h6-7,10,15H,4-5,8H2,1-3H3. The molecule has 1 unspecified atom stereocenters. The Balaban J connectivity index is 2.15. The van der Waals surface area contributed by atoms with E-state index in [2.05, 4.69) is 5.32 Å². The minimum absolute atomic E-state index is 0.204. The second-order valence-electron chi connectivity index (χ2n) is 4.41. The highest BCUT2D eigenvalue weighted by atomic mass is 16.5. The first-order chi connectivity index (χ1) is 9.69. The van der Waals surface area contributed by atoms with Crippen molar-refractivity contribution < 1.29 is 23.7 Å². The van der Waals surface area contributed by atoms with Crippen LogP contribution < -0.4 is 19.5 Å². The highest BCUT2D eigenvalue weighted by Crippen LogP contribution is 2.34. The highest BCUT2D eigenvalue weighted by molar-refractivity contribution is 5.77. The zero-order chi connectivity index (χ0) is 14.5. The van der Waals surface area contributed by atoms with Crippen LogP contribution in [0.1, 0.15) is 12.0 Å². The van der Waals surface area contributed by atoms with Gasteiger partial charge in [-0.05, 0) is 6.07 Å². The van der Waals surface area contributed by atoms with Gasteiger partial charge in [0.05, 0.1) is 27.9 Å². The molecule has 1 fully saturated rings. The SMILES string of the molecule is COc1cc(OC)c(OC)cc1CNC1CCOC1=O. The average Bonchev–Trinajstić information content (AvgIpc) is 2.89. The predicted molar refractivity (Wildman–Crippen MR) is 72.3 cm³/mol. The molecule has 0 saturated carbocycles. The van der Waals surface area contributed by atoms with E-state index >= 15 is 0 Å². The molecule has 1 aromatic rings. The number of carbonyl (C=O) groups is 1. The fraction of sp³-hybridized carbons (Fsp3) is 0.500. The van der Waals surface area contributed by atoms with Crippen LogP contribution in [0.25, 0.3) is 0 Å². The van der Waals surface area contributed by atoms with Gasteiger partial charge in [0, 0.05) is 24.6 Å². The lowest BCUT2D eigenvalue weighted by Crippen LogP contribution is -2.32. The van der Waals surface area contributed by atoms with Gasteiger partial charge >= 0.3 is 5.97 Å². The van der Waals surface area contributed by atoms with Crippen molar-refractivity contribution in [1.29, 1.82) is 0 Å². The molecule has 6 heteroatoms. The molecule has 0 aromatic heterocycles. The minimum atomic E-state index is -0.257. The third kappa shape index (κ3) is 2.96. The van der Waals surface area contributed by atoms with E-state index in [0.29, 0.717) is 36.8 Å². The second-order valence-corrected chi connectivity index (χ2v) is 4.41. The van der Waals surface area contributed by atoms with Gasteiger partial charge in [-0.15, -0.1) is 0 Å². The molecule has 1 saturated heterocycles. The number of nitrogens with one attached hydrogen (secondary N) is 1. The van der Waals surface area contributed by atoms with Crippen LogP contribution in [0.5, 0.6) is 17.2 Å². The number of cyclic esters (lactones) is 1. The van der Waals surface area contributed by atoms with Crippen LogP contribution in [0, 0.1) is 0 Å². The Kier molecular flexibility index (Phi) is 4.68. The van der Waals surface area contributed by atoms with Crippen LogP contribution in [0.2, 0.25) is 0 Å². The first-order valence-electron chi connectivity index (χ1n) is 6.38. The largest absolute Gasteiger partial charge is 0.496 e. The number of rotatable bonds is 6.